The molecule has 19 heavy (non-hydrogen) atoms. The molecule has 8 heteroatoms. The molecule has 0 spiro atoms. The monoisotopic (exact) mass is 342 g/mol. The maximum absolute atomic E-state index is 13.1. The van der Waals surface area contributed by atoms with Crippen LogP contribution >= 0.6 is 15.9 Å². The molecule has 1 amide bonds. The smallest absolute Gasteiger partial charge is 0.368 e. The van der Waals surface area contributed by atoms with Gasteiger partial charge in [-0.25, -0.2) is 4.39 Å². The van der Waals surface area contributed by atoms with Crippen molar-refractivity contribution in [3.8, 4) is 0 Å². The Hall–Kier alpha value is -1.15. The normalized spacial score (nSPS) is 15.1. The van der Waals surface area contributed by atoms with E-state index in [0.717, 1.165) is 6.07 Å². The first-order valence-corrected chi connectivity index (χ1v) is 5.93. The molecule has 0 saturated carbocycles. The SMILES string of the molecule is CC(NCC(F)(F)F)(C(N)=O)c1ccc(F)c(Br)c1. The second kappa shape index (κ2) is 5.46. The molecule has 0 radical (unpaired) electrons. The van der Waals surface area contributed by atoms with Crippen LogP contribution in [0.2, 0.25) is 0 Å². The van der Waals surface area contributed by atoms with Crippen LogP contribution < -0.4 is 11.1 Å². The van der Waals surface area contributed by atoms with Crippen molar-refractivity contribution in [2.45, 2.75) is 18.6 Å². The zero-order chi connectivity index (χ0) is 14.8. The van der Waals surface area contributed by atoms with Gasteiger partial charge in [-0.1, -0.05) is 6.07 Å². The lowest BCUT2D eigenvalue weighted by molar-refractivity contribution is -0.135. The predicted molar refractivity (Wildman–Crippen MR) is 64.7 cm³/mol. The van der Waals surface area contributed by atoms with Crippen molar-refractivity contribution >= 4 is 21.8 Å². The van der Waals surface area contributed by atoms with Crippen LogP contribution in [0.3, 0.4) is 0 Å². The number of rotatable bonds is 4. The van der Waals surface area contributed by atoms with Crippen LogP contribution in [0.1, 0.15) is 12.5 Å². The summed E-state index contributed by atoms with van der Waals surface area (Å²) in [6.07, 6.45) is -4.49. The summed E-state index contributed by atoms with van der Waals surface area (Å²) in [5, 5.41) is 2.06. The third kappa shape index (κ3) is 3.90. The molecule has 0 saturated heterocycles. The van der Waals surface area contributed by atoms with Gasteiger partial charge in [0, 0.05) is 0 Å². The maximum Gasteiger partial charge on any atom is 0.401 e. The van der Waals surface area contributed by atoms with Gasteiger partial charge in [0.2, 0.25) is 5.91 Å². The molecule has 0 heterocycles. The zero-order valence-corrected chi connectivity index (χ0v) is 11.4. The van der Waals surface area contributed by atoms with Crippen molar-refractivity contribution in [2.24, 2.45) is 5.73 Å². The van der Waals surface area contributed by atoms with Gasteiger partial charge in [-0.3, -0.25) is 10.1 Å². The number of benzene rings is 1. The number of carbonyl (C=O) groups excluding carboxylic acids is 1. The van der Waals surface area contributed by atoms with Gasteiger partial charge in [0.15, 0.2) is 0 Å². The number of alkyl halides is 3. The highest BCUT2D eigenvalue weighted by Crippen LogP contribution is 2.27. The van der Waals surface area contributed by atoms with Gasteiger partial charge in [-0.05, 0) is 40.5 Å². The molecule has 1 atom stereocenters. The number of nitrogens with two attached hydrogens (primary N) is 1. The third-order valence-corrected chi connectivity index (χ3v) is 3.24. The van der Waals surface area contributed by atoms with Gasteiger partial charge >= 0.3 is 6.18 Å². The Morgan fingerprint density at radius 2 is 2.00 bits per heavy atom. The zero-order valence-electron chi connectivity index (χ0n) is 9.81. The summed E-state index contributed by atoms with van der Waals surface area (Å²) >= 11 is 2.90. The molecule has 0 aliphatic heterocycles. The molecule has 1 aromatic carbocycles. The number of nitrogens with one attached hydrogen (secondary N) is 1. The molecule has 3 N–H and O–H groups in total. The average Bonchev–Trinajstić information content (AvgIpc) is 2.28. The number of halogens is 5. The number of hydrogen-bond donors (Lipinski definition) is 2. The first kappa shape index (κ1) is 15.9. The minimum atomic E-state index is -4.49. The molecule has 3 nitrogen and oxygen atoms in total. The van der Waals surface area contributed by atoms with E-state index in [1.165, 1.54) is 19.1 Å². The number of primary amides is 1. The third-order valence-electron chi connectivity index (χ3n) is 2.63. The van der Waals surface area contributed by atoms with Crippen molar-refractivity contribution in [1.82, 2.24) is 5.32 Å². The first-order chi connectivity index (χ1) is 8.56. The summed E-state index contributed by atoms with van der Waals surface area (Å²) in [5.74, 6) is -1.58. The Balaban J connectivity index is 3.11. The second-order valence-electron chi connectivity index (χ2n) is 4.09. The van der Waals surface area contributed by atoms with Crippen molar-refractivity contribution in [1.29, 1.82) is 0 Å². The fourth-order valence-electron chi connectivity index (χ4n) is 1.42. The van der Waals surface area contributed by atoms with Crippen LogP contribution in [0.15, 0.2) is 22.7 Å². The maximum atomic E-state index is 13.1. The van der Waals surface area contributed by atoms with Gasteiger partial charge in [0.1, 0.15) is 11.4 Å². The van der Waals surface area contributed by atoms with Crippen LogP contribution in [-0.4, -0.2) is 18.6 Å². The lowest BCUT2D eigenvalue weighted by atomic mass is 9.91. The van der Waals surface area contributed by atoms with Crippen molar-refractivity contribution < 1.29 is 22.4 Å². The van der Waals surface area contributed by atoms with E-state index in [1.807, 2.05) is 0 Å². The number of amides is 1. The molecule has 0 fully saturated rings. The Morgan fingerprint density at radius 3 is 2.42 bits per heavy atom. The molecular weight excluding hydrogens is 332 g/mol. The van der Waals surface area contributed by atoms with Crippen LogP contribution in [-0.2, 0) is 10.3 Å². The summed E-state index contributed by atoms with van der Waals surface area (Å²) in [6, 6.07) is 3.45. The molecule has 1 unspecified atom stereocenters. The van der Waals surface area contributed by atoms with E-state index >= 15 is 0 Å². The second-order valence-corrected chi connectivity index (χ2v) is 4.94. The molecule has 0 aliphatic carbocycles. The Bertz CT molecular complexity index is 492. The van der Waals surface area contributed by atoms with E-state index in [0.29, 0.717) is 0 Å². The summed E-state index contributed by atoms with van der Waals surface area (Å²) < 4.78 is 49.8. The highest BCUT2D eigenvalue weighted by Gasteiger charge is 2.38. The van der Waals surface area contributed by atoms with Gasteiger partial charge in [0.25, 0.3) is 0 Å². The highest BCUT2D eigenvalue weighted by molar-refractivity contribution is 9.10. The van der Waals surface area contributed by atoms with Crippen LogP contribution in [0.25, 0.3) is 0 Å². The fraction of sp³-hybridized carbons (Fsp3) is 0.364. The number of carbonyl (C=O) groups is 1. The quantitative estimate of drug-likeness (QED) is 0.826. The Kier molecular flexibility index (Phi) is 4.57. The summed E-state index contributed by atoms with van der Waals surface area (Å²) in [7, 11) is 0. The topological polar surface area (TPSA) is 55.1 Å². The molecule has 1 rings (SSSR count). The molecule has 0 aliphatic rings. The predicted octanol–water partition coefficient (Wildman–Crippen LogP) is 2.44. The van der Waals surface area contributed by atoms with Crippen LogP contribution in [0.4, 0.5) is 17.6 Å². The standard InChI is InChI=1S/C11H11BrF4N2O/c1-10(9(17)19,18-5-11(14,15)16)6-2-3-8(13)7(12)4-6/h2-4,18H,5H2,1H3,(H2,17,19). The lowest BCUT2D eigenvalue weighted by Crippen LogP contribution is -2.53. The highest BCUT2D eigenvalue weighted by atomic mass is 79.9. The van der Waals surface area contributed by atoms with Crippen LogP contribution in [0, 0.1) is 5.82 Å². The van der Waals surface area contributed by atoms with Gasteiger partial charge < -0.3 is 5.73 Å². The average molecular weight is 343 g/mol. The first-order valence-electron chi connectivity index (χ1n) is 5.13. The van der Waals surface area contributed by atoms with E-state index in [4.69, 9.17) is 5.73 Å². The molecule has 0 aromatic heterocycles. The van der Waals surface area contributed by atoms with E-state index in [1.54, 1.807) is 0 Å². The largest absolute Gasteiger partial charge is 0.401 e. The van der Waals surface area contributed by atoms with Gasteiger partial charge in [-0.2, -0.15) is 13.2 Å². The van der Waals surface area contributed by atoms with E-state index in [9.17, 15) is 22.4 Å². The summed E-state index contributed by atoms with van der Waals surface area (Å²) in [6.45, 7) is -0.178. The molecule has 1 aromatic rings. The van der Waals surface area contributed by atoms with Crippen molar-refractivity contribution in [3.05, 3.63) is 34.1 Å². The Labute approximate surface area is 115 Å². The van der Waals surface area contributed by atoms with Gasteiger partial charge in [-0.15, -0.1) is 0 Å². The number of hydrogen-bond acceptors (Lipinski definition) is 2. The minimum absolute atomic E-state index is 0.0336. The van der Waals surface area contributed by atoms with Gasteiger partial charge in [0.05, 0.1) is 11.0 Å². The van der Waals surface area contributed by atoms with E-state index < -0.39 is 30.0 Å². The molecule has 106 valence electrons. The fourth-order valence-corrected chi connectivity index (χ4v) is 1.79. The van der Waals surface area contributed by atoms with E-state index in [-0.39, 0.29) is 10.0 Å². The summed E-state index contributed by atoms with van der Waals surface area (Å²) in [5.41, 5.74) is 3.53. The van der Waals surface area contributed by atoms with Crippen molar-refractivity contribution in [2.75, 3.05) is 6.54 Å². The minimum Gasteiger partial charge on any atom is -0.368 e. The summed E-state index contributed by atoms with van der Waals surface area (Å²) in [4.78, 5) is 11.4. The lowest BCUT2D eigenvalue weighted by Gasteiger charge is -2.28. The molecular formula is C11H11BrF4N2O. The molecule has 0 bridgehead atoms. The van der Waals surface area contributed by atoms with E-state index in [2.05, 4.69) is 21.2 Å². The van der Waals surface area contributed by atoms with Crippen LogP contribution in [0.5, 0.6) is 0 Å². The Morgan fingerprint density at radius 1 is 1.42 bits per heavy atom. The van der Waals surface area contributed by atoms with Crippen molar-refractivity contribution in [3.63, 3.8) is 0 Å².